The van der Waals surface area contributed by atoms with Crippen LogP contribution in [0, 0.1) is 12.0 Å². The first-order valence-electron chi connectivity index (χ1n) is 4.23. The second-order valence-corrected chi connectivity index (χ2v) is 3.39. The summed E-state index contributed by atoms with van der Waals surface area (Å²) < 4.78 is 4.85. The number of hydrogen-bond donors (Lipinski definition) is 0. The van der Waals surface area contributed by atoms with Crippen molar-refractivity contribution in [2.45, 2.75) is 40.5 Å². The Balaban J connectivity index is -0.000000240. The van der Waals surface area contributed by atoms with E-state index in [1.54, 1.807) is 20.8 Å². The van der Waals surface area contributed by atoms with Crippen LogP contribution >= 0.6 is 0 Å². The Morgan fingerprint density at radius 1 is 1.00 bits per heavy atom. The van der Waals surface area contributed by atoms with Gasteiger partial charge in [-0.3, -0.25) is 10.7 Å². The molecule has 0 saturated heterocycles. The van der Waals surface area contributed by atoms with Crippen LogP contribution in [0.2, 0.25) is 0 Å². The van der Waals surface area contributed by atoms with Gasteiger partial charge in [-0.1, -0.05) is 6.42 Å². The average Bonchev–Trinajstić information content (AvgIpc) is 1.80. The van der Waals surface area contributed by atoms with Crippen LogP contribution in [-0.2, 0) is 112 Å². The summed E-state index contributed by atoms with van der Waals surface area (Å²) in [5.74, 6) is 0.625. The summed E-state index contributed by atoms with van der Waals surface area (Å²) in [6.07, 6.45) is 1.21. The van der Waals surface area contributed by atoms with Crippen molar-refractivity contribution >= 4 is 11.8 Å². The van der Waals surface area contributed by atoms with E-state index >= 15 is 0 Å². The van der Waals surface area contributed by atoms with Crippen LogP contribution in [0.25, 0.3) is 0 Å². The standard InChI is InChI=1S/C10H16O3.3Y/c1-7(2)13-10(12)6-8(3)5-9(4)11;;;/h5-6H2,1-4H3;;;/q-2;;;. The fraction of sp³-hybridized carbons (Fsp3) is 0.600. The predicted octanol–water partition coefficient (Wildman–Crippen LogP) is 2.06. The molecule has 0 spiro atoms. The first-order valence-corrected chi connectivity index (χ1v) is 4.23. The van der Waals surface area contributed by atoms with Gasteiger partial charge in [0, 0.05) is 98.1 Å². The molecule has 3 radical (unpaired) electrons. The topological polar surface area (TPSA) is 43.4 Å². The molecule has 0 saturated carbocycles. The summed E-state index contributed by atoms with van der Waals surface area (Å²) in [5, 5.41) is 0. The van der Waals surface area contributed by atoms with Crippen molar-refractivity contribution < 1.29 is 112 Å². The number of carbonyl (C=O) groups is 2. The van der Waals surface area contributed by atoms with Crippen molar-refractivity contribution in [1.82, 2.24) is 0 Å². The molecule has 0 amide bonds. The number of hydrogen-bond acceptors (Lipinski definition) is 3. The van der Waals surface area contributed by atoms with Gasteiger partial charge in [0.2, 0.25) is 5.97 Å². The van der Waals surface area contributed by atoms with Gasteiger partial charge in [0.15, 0.2) is 0 Å². The number of ether oxygens (including phenoxy) is 1. The van der Waals surface area contributed by atoms with Crippen LogP contribution in [0.5, 0.6) is 0 Å². The first kappa shape index (κ1) is 26.9. The first-order chi connectivity index (χ1) is 5.91. The molecule has 0 aromatic heterocycles. The zero-order chi connectivity index (χ0) is 10.4. The summed E-state index contributed by atoms with van der Waals surface area (Å²) in [7, 11) is 0. The van der Waals surface area contributed by atoms with Crippen LogP contribution in [0.1, 0.15) is 40.5 Å². The number of Topliss-reactive ketones (excluding diaryl/α,β-unsaturated/α-hetero) is 1. The Labute approximate surface area is 174 Å². The van der Waals surface area contributed by atoms with E-state index in [1.165, 1.54) is 6.92 Å². The van der Waals surface area contributed by atoms with Crippen molar-refractivity contribution in [2.24, 2.45) is 0 Å². The van der Waals surface area contributed by atoms with E-state index in [9.17, 15) is 9.59 Å². The summed E-state index contributed by atoms with van der Waals surface area (Å²) in [6.45, 7) is 6.73. The third kappa shape index (κ3) is 18.8. The molecule has 0 aromatic carbocycles. The van der Waals surface area contributed by atoms with E-state index in [4.69, 9.17) is 4.74 Å². The Kier molecular flexibility index (Phi) is 26.1. The number of esters is 1. The van der Waals surface area contributed by atoms with Crippen molar-refractivity contribution in [3.8, 4) is 0 Å². The van der Waals surface area contributed by atoms with Gasteiger partial charge < -0.3 is 9.53 Å². The van der Waals surface area contributed by atoms with E-state index in [-0.39, 0.29) is 116 Å². The maximum absolute atomic E-state index is 11.1. The quantitative estimate of drug-likeness (QED) is 0.475. The molecule has 0 aliphatic rings. The molecule has 0 rings (SSSR count). The third-order valence-corrected chi connectivity index (χ3v) is 1.31. The molecule has 0 unspecified atom stereocenters. The van der Waals surface area contributed by atoms with Crippen LogP contribution in [0.15, 0.2) is 0 Å². The molecule has 0 aliphatic heterocycles. The van der Waals surface area contributed by atoms with Gasteiger partial charge in [0.1, 0.15) is 5.78 Å². The molecule has 0 bridgehead atoms. The Morgan fingerprint density at radius 2 is 1.44 bits per heavy atom. The summed E-state index contributed by atoms with van der Waals surface area (Å²) >= 11 is 0. The van der Waals surface area contributed by atoms with Gasteiger partial charge in [-0.05, 0) is 6.92 Å². The summed E-state index contributed by atoms with van der Waals surface area (Å²) in [5.41, 5.74) is 0. The molecule has 3 nitrogen and oxygen atoms in total. The second kappa shape index (κ2) is 15.5. The number of rotatable bonds is 5. The third-order valence-electron chi connectivity index (χ3n) is 1.31. The van der Waals surface area contributed by atoms with Crippen LogP contribution in [0.4, 0.5) is 0 Å². The van der Waals surface area contributed by atoms with Crippen molar-refractivity contribution in [1.29, 1.82) is 0 Å². The zero-order valence-corrected chi connectivity index (χ0v) is 18.9. The molecule has 85 valence electrons. The smallest absolute Gasteiger partial charge is 0.244 e. The van der Waals surface area contributed by atoms with Gasteiger partial charge in [-0.2, -0.15) is 20.8 Å². The minimum absolute atomic E-state index is 0. The summed E-state index contributed by atoms with van der Waals surface area (Å²) in [4.78, 5) is 21.7. The van der Waals surface area contributed by atoms with E-state index in [2.05, 4.69) is 0 Å². The SMILES string of the molecule is CC(=O)C[C-](C)CC(=O)O[C-](C)C.[Y].[Y].[Y]. The molecule has 0 aromatic rings. The van der Waals surface area contributed by atoms with Gasteiger partial charge in [-0.15, -0.1) is 12.5 Å². The van der Waals surface area contributed by atoms with Crippen LogP contribution in [0.3, 0.4) is 0 Å². The maximum Gasteiger partial charge on any atom is 0.244 e. The average molecular weight is 451 g/mol. The molecule has 6 heteroatoms. The van der Waals surface area contributed by atoms with E-state index < -0.39 is 0 Å². The predicted molar refractivity (Wildman–Crippen MR) is 49.5 cm³/mol. The van der Waals surface area contributed by atoms with Gasteiger partial charge in [-0.25, -0.2) is 0 Å². The minimum atomic E-state index is -0.293. The molecule has 16 heavy (non-hydrogen) atoms. The normalized spacial score (nSPS) is 8.62. The number of ketones is 1. The molecule has 0 fully saturated rings. The zero-order valence-electron chi connectivity index (χ0n) is 10.4. The number of carbonyl (C=O) groups excluding carboxylic acids is 2. The van der Waals surface area contributed by atoms with Gasteiger partial charge in [0.05, 0.1) is 0 Å². The Bertz CT molecular complexity index is 196. The largest absolute Gasteiger partial charge is 0.636 e. The molecule has 0 N–H and O–H groups in total. The van der Waals surface area contributed by atoms with Crippen molar-refractivity contribution in [3.63, 3.8) is 0 Å². The fourth-order valence-corrected chi connectivity index (χ4v) is 0.998. The molecular weight excluding hydrogens is 435 g/mol. The Morgan fingerprint density at radius 3 is 1.75 bits per heavy atom. The van der Waals surface area contributed by atoms with E-state index in [0.29, 0.717) is 12.5 Å². The molecule has 0 aliphatic carbocycles. The Hall–Kier alpha value is 2.45. The van der Waals surface area contributed by atoms with E-state index in [1.807, 2.05) is 0 Å². The van der Waals surface area contributed by atoms with Gasteiger partial charge >= 0.3 is 0 Å². The van der Waals surface area contributed by atoms with Crippen molar-refractivity contribution in [3.05, 3.63) is 12.0 Å². The molecular formula is C10H16O3Y3-2. The monoisotopic (exact) mass is 451 g/mol. The summed E-state index contributed by atoms with van der Waals surface area (Å²) in [6, 6.07) is 0. The fourth-order valence-electron chi connectivity index (χ4n) is 0.998. The van der Waals surface area contributed by atoms with E-state index in [0.717, 1.165) is 5.92 Å². The molecule has 0 heterocycles. The van der Waals surface area contributed by atoms with Crippen LogP contribution in [-0.4, -0.2) is 11.8 Å². The second-order valence-electron chi connectivity index (χ2n) is 3.39. The van der Waals surface area contributed by atoms with Crippen LogP contribution < -0.4 is 0 Å². The van der Waals surface area contributed by atoms with Crippen molar-refractivity contribution in [2.75, 3.05) is 0 Å². The molecule has 0 atom stereocenters. The van der Waals surface area contributed by atoms with Gasteiger partial charge in [0.25, 0.3) is 0 Å². The minimum Gasteiger partial charge on any atom is -0.636 e. The maximum atomic E-state index is 11.1.